The van der Waals surface area contributed by atoms with Gasteiger partial charge in [0.1, 0.15) is 12.3 Å². The van der Waals surface area contributed by atoms with Gasteiger partial charge in [0.25, 0.3) is 12.3 Å². The smallest absolute Gasteiger partial charge is 0.276 e. The van der Waals surface area contributed by atoms with E-state index in [1.54, 1.807) is 12.3 Å². The monoisotopic (exact) mass is 284 g/mol. The van der Waals surface area contributed by atoms with Gasteiger partial charge in [-0.2, -0.15) is 4.98 Å². The summed E-state index contributed by atoms with van der Waals surface area (Å²) in [5.41, 5.74) is 6.91. The number of alkyl halides is 2. The average Bonchev–Trinajstić information content (AvgIpc) is 2.92. The number of rotatable bonds is 7. The molecule has 8 heteroatoms. The largest absolute Gasteiger partial charge is 0.375 e. The Morgan fingerprint density at radius 3 is 2.85 bits per heavy atom. The van der Waals surface area contributed by atoms with Gasteiger partial charge in [0.2, 0.25) is 0 Å². The van der Waals surface area contributed by atoms with Crippen molar-refractivity contribution in [1.82, 2.24) is 15.1 Å². The summed E-state index contributed by atoms with van der Waals surface area (Å²) < 4.78 is 33.5. The SMILES string of the molecule is NCc1ccc(-c2nc(CCOCC(F)F)no2)nc1. The van der Waals surface area contributed by atoms with Gasteiger partial charge in [-0.05, 0) is 11.6 Å². The van der Waals surface area contributed by atoms with Gasteiger partial charge >= 0.3 is 0 Å². The van der Waals surface area contributed by atoms with E-state index in [-0.39, 0.29) is 12.5 Å². The van der Waals surface area contributed by atoms with Crippen LogP contribution in [-0.2, 0) is 17.7 Å². The van der Waals surface area contributed by atoms with E-state index in [1.807, 2.05) is 6.07 Å². The Morgan fingerprint density at radius 2 is 2.20 bits per heavy atom. The van der Waals surface area contributed by atoms with Crippen LogP contribution in [0.3, 0.4) is 0 Å². The predicted molar refractivity (Wildman–Crippen MR) is 65.9 cm³/mol. The van der Waals surface area contributed by atoms with Crippen LogP contribution in [0.4, 0.5) is 8.78 Å². The van der Waals surface area contributed by atoms with Crippen molar-refractivity contribution >= 4 is 0 Å². The van der Waals surface area contributed by atoms with Crippen molar-refractivity contribution in [2.75, 3.05) is 13.2 Å². The van der Waals surface area contributed by atoms with Crippen LogP contribution in [0.15, 0.2) is 22.9 Å². The summed E-state index contributed by atoms with van der Waals surface area (Å²) in [6.45, 7) is -0.0699. The van der Waals surface area contributed by atoms with Gasteiger partial charge in [0.05, 0.1) is 6.61 Å². The summed E-state index contributed by atoms with van der Waals surface area (Å²) in [4.78, 5) is 8.26. The van der Waals surface area contributed by atoms with Gasteiger partial charge < -0.3 is 15.0 Å². The van der Waals surface area contributed by atoms with E-state index in [1.165, 1.54) is 0 Å². The van der Waals surface area contributed by atoms with Crippen LogP contribution in [0, 0.1) is 0 Å². The van der Waals surface area contributed by atoms with Gasteiger partial charge in [-0.1, -0.05) is 11.2 Å². The number of ether oxygens (including phenoxy) is 1. The third-order valence-electron chi connectivity index (χ3n) is 2.46. The van der Waals surface area contributed by atoms with Crippen LogP contribution in [-0.4, -0.2) is 34.8 Å². The van der Waals surface area contributed by atoms with Crippen molar-refractivity contribution in [3.8, 4) is 11.6 Å². The standard InChI is InChI=1S/C12H14F2N4O2/c13-10(14)7-19-4-3-11-17-12(20-18-11)9-2-1-8(5-15)6-16-9/h1-2,6,10H,3-5,7,15H2. The molecule has 2 heterocycles. The van der Waals surface area contributed by atoms with E-state index in [0.717, 1.165) is 5.56 Å². The number of nitrogens with zero attached hydrogens (tertiary/aromatic N) is 3. The molecule has 0 aliphatic carbocycles. The number of aromatic nitrogens is 3. The van der Waals surface area contributed by atoms with Crippen LogP contribution >= 0.6 is 0 Å². The van der Waals surface area contributed by atoms with E-state index in [0.29, 0.717) is 24.5 Å². The molecule has 20 heavy (non-hydrogen) atoms. The fourth-order valence-electron chi connectivity index (χ4n) is 1.47. The van der Waals surface area contributed by atoms with Crippen molar-refractivity contribution in [2.24, 2.45) is 5.73 Å². The summed E-state index contributed by atoms with van der Waals surface area (Å²) in [6.07, 6.45) is -0.539. The highest BCUT2D eigenvalue weighted by atomic mass is 19.3. The number of pyridine rings is 1. The number of hydrogen-bond donors (Lipinski definition) is 1. The van der Waals surface area contributed by atoms with E-state index in [9.17, 15) is 8.78 Å². The van der Waals surface area contributed by atoms with Gasteiger partial charge in [0.15, 0.2) is 5.82 Å². The molecule has 0 aliphatic heterocycles. The molecular formula is C12H14F2N4O2. The zero-order valence-corrected chi connectivity index (χ0v) is 10.6. The maximum absolute atomic E-state index is 11.9. The number of halogens is 2. The molecular weight excluding hydrogens is 270 g/mol. The van der Waals surface area contributed by atoms with Crippen molar-refractivity contribution in [1.29, 1.82) is 0 Å². The molecule has 0 unspecified atom stereocenters. The first-order valence-electron chi connectivity index (χ1n) is 6.03. The molecule has 0 fully saturated rings. The molecule has 0 bridgehead atoms. The highest BCUT2D eigenvalue weighted by Crippen LogP contribution is 2.14. The Morgan fingerprint density at radius 1 is 1.35 bits per heavy atom. The Bertz CT molecular complexity index is 531. The molecule has 0 aromatic carbocycles. The molecule has 0 atom stereocenters. The van der Waals surface area contributed by atoms with Gasteiger partial charge in [-0.15, -0.1) is 0 Å². The molecule has 0 radical (unpaired) electrons. The minimum atomic E-state index is -2.47. The fourth-order valence-corrected chi connectivity index (χ4v) is 1.47. The van der Waals surface area contributed by atoms with E-state index in [4.69, 9.17) is 15.0 Å². The molecule has 2 rings (SSSR count). The first-order valence-corrected chi connectivity index (χ1v) is 6.03. The van der Waals surface area contributed by atoms with Crippen molar-refractivity contribution in [3.63, 3.8) is 0 Å². The summed E-state index contributed by atoms with van der Waals surface area (Å²) >= 11 is 0. The van der Waals surface area contributed by atoms with Crippen LogP contribution in [0.25, 0.3) is 11.6 Å². The molecule has 0 amide bonds. The molecule has 2 N–H and O–H groups in total. The van der Waals surface area contributed by atoms with Crippen molar-refractivity contribution in [3.05, 3.63) is 29.7 Å². The predicted octanol–water partition coefficient (Wildman–Crippen LogP) is 1.41. The summed E-state index contributed by atoms with van der Waals surface area (Å²) in [7, 11) is 0. The van der Waals surface area contributed by atoms with E-state index < -0.39 is 13.0 Å². The lowest BCUT2D eigenvalue weighted by Gasteiger charge is -1.99. The maximum Gasteiger partial charge on any atom is 0.276 e. The molecule has 2 aromatic rings. The first kappa shape index (κ1) is 14.5. The molecule has 0 spiro atoms. The third-order valence-corrected chi connectivity index (χ3v) is 2.46. The zero-order valence-electron chi connectivity index (χ0n) is 10.6. The Labute approximate surface area is 114 Å². The Balaban J connectivity index is 1.90. The van der Waals surface area contributed by atoms with Gasteiger partial charge in [0, 0.05) is 19.2 Å². The normalized spacial score (nSPS) is 11.2. The average molecular weight is 284 g/mol. The van der Waals surface area contributed by atoms with Crippen LogP contribution in [0.1, 0.15) is 11.4 Å². The van der Waals surface area contributed by atoms with Crippen molar-refractivity contribution in [2.45, 2.75) is 19.4 Å². The highest BCUT2D eigenvalue weighted by Gasteiger charge is 2.10. The quantitative estimate of drug-likeness (QED) is 0.774. The maximum atomic E-state index is 11.9. The first-order chi connectivity index (χ1) is 9.69. The summed E-state index contributed by atoms with van der Waals surface area (Å²) in [5.74, 6) is 0.663. The van der Waals surface area contributed by atoms with Crippen LogP contribution in [0.5, 0.6) is 0 Å². The van der Waals surface area contributed by atoms with Crippen LogP contribution in [0.2, 0.25) is 0 Å². The fraction of sp³-hybridized carbons (Fsp3) is 0.417. The highest BCUT2D eigenvalue weighted by molar-refractivity contribution is 5.46. The molecule has 0 aliphatic rings. The number of hydrogen-bond acceptors (Lipinski definition) is 6. The molecule has 0 saturated carbocycles. The Kier molecular flexibility index (Phi) is 5.08. The van der Waals surface area contributed by atoms with Gasteiger partial charge in [-0.3, -0.25) is 4.98 Å². The second-order valence-electron chi connectivity index (χ2n) is 3.99. The lowest BCUT2D eigenvalue weighted by atomic mass is 10.2. The zero-order chi connectivity index (χ0) is 14.4. The molecule has 2 aromatic heterocycles. The van der Waals surface area contributed by atoms with Crippen molar-refractivity contribution < 1.29 is 18.0 Å². The van der Waals surface area contributed by atoms with E-state index in [2.05, 4.69) is 15.1 Å². The van der Waals surface area contributed by atoms with E-state index >= 15 is 0 Å². The topological polar surface area (TPSA) is 87.1 Å². The third kappa shape index (κ3) is 4.04. The summed E-state index contributed by atoms with van der Waals surface area (Å²) in [5, 5.41) is 3.73. The summed E-state index contributed by atoms with van der Waals surface area (Å²) in [6, 6.07) is 3.55. The minimum absolute atomic E-state index is 0.114. The lowest BCUT2D eigenvalue weighted by Crippen LogP contribution is -2.07. The van der Waals surface area contributed by atoms with Gasteiger partial charge in [-0.25, -0.2) is 8.78 Å². The second kappa shape index (κ2) is 7.01. The lowest BCUT2D eigenvalue weighted by molar-refractivity contribution is 0.0182. The molecule has 0 saturated heterocycles. The Hall–Kier alpha value is -1.93. The second-order valence-corrected chi connectivity index (χ2v) is 3.99. The minimum Gasteiger partial charge on any atom is -0.375 e. The number of nitrogens with two attached hydrogens (primary N) is 1. The van der Waals surface area contributed by atoms with Crippen LogP contribution < -0.4 is 5.73 Å². The molecule has 6 nitrogen and oxygen atoms in total. The molecule has 108 valence electrons.